The fraction of sp³-hybridized carbons (Fsp3) is 0.0769. The quantitative estimate of drug-likeness (QED) is 0.797. The molecule has 2 rings (SSSR count). The monoisotopic (exact) mass is 233 g/mol. The van der Waals surface area contributed by atoms with Gasteiger partial charge < -0.3 is 5.73 Å². The lowest BCUT2D eigenvalue weighted by molar-refractivity contribution is 0.624. The van der Waals surface area contributed by atoms with Crippen molar-refractivity contribution < 1.29 is 4.39 Å². The Morgan fingerprint density at radius 1 is 1.06 bits per heavy atom. The van der Waals surface area contributed by atoms with E-state index in [2.05, 4.69) is 0 Å². The number of anilines is 1. The summed E-state index contributed by atoms with van der Waals surface area (Å²) >= 11 is 1.47. The van der Waals surface area contributed by atoms with Crippen LogP contribution in [0.2, 0.25) is 0 Å². The molecule has 0 saturated carbocycles. The van der Waals surface area contributed by atoms with Crippen molar-refractivity contribution in [3.63, 3.8) is 0 Å². The van der Waals surface area contributed by atoms with Crippen LogP contribution in [0, 0.1) is 12.7 Å². The highest BCUT2D eigenvalue weighted by Gasteiger charge is 2.03. The molecule has 0 unspecified atom stereocenters. The fourth-order valence-electron chi connectivity index (χ4n) is 1.33. The molecule has 2 aromatic rings. The molecule has 82 valence electrons. The van der Waals surface area contributed by atoms with E-state index < -0.39 is 0 Å². The lowest BCUT2D eigenvalue weighted by atomic mass is 10.2. The van der Waals surface area contributed by atoms with Crippen molar-refractivity contribution in [3.05, 3.63) is 53.8 Å². The van der Waals surface area contributed by atoms with E-state index in [1.807, 2.05) is 31.2 Å². The summed E-state index contributed by atoms with van der Waals surface area (Å²) in [6, 6.07) is 12.5. The molecule has 0 atom stereocenters. The maximum absolute atomic E-state index is 13.0. The van der Waals surface area contributed by atoms with Crippen molar-refractivity contribution in [2.45, 2.75) is 16.7 Å². The maximum atomic E-state index is 13.0. The molecule has 0 amide bonds. The standard InChI is InChI=1S/C13H12FNS/c1-9-2-5-11(6-3-9)16-13-8-10(14)4-7-12(13)15/h2-8H,15H2,1H3. The van der Waals surface area contributed by atoms with Crippen LogP contribution in [0.25, 0.3) is 0 Å². The third-order valence-corrected chi connectivity index (χ3v) is 3.31. The Labute approximate surface area is 98.5 Å². The number of benzene rings is 2. The van der Waals surface area contributed by atoms with Crippen LogP contribution in [0.4, 0.5) is 10.1 Å². The predicted octanol–water partition coefficient (Wildman–Crippen LogP) is 3.87. The van der Waals surface area contributed by atoms with Crippen LogP contribution in [0.5, 0.6) is 0 Å². The van der Waals surface area contributed by atoms with Gasteiger partial charge in [0.25, 0.3) is 0 Å². The predicted molar refractivity (Wildman–Crippen MR) is 66.1 cm³/mol. The molecule has 16 heavy (non-hydrogen) atoms. The van der Waals surface area contributed by atoms with Gasteiger partial charge in [-0.1, -0.05) is 29.5 Å². The van der Waals surface area contributed by atoms with E-state index in [1.54, 1.807) is 6.07 Å². The van der Waals surface area contributed by atoms with Crippen molar-refractivity contribution in [2.24, 2.45) is 0 Å². The largest absolute Gasteiger partial charge is 0.398 e. The molecule has 0 radical (unpaired) electrons. The first-order valence-electron chi connectivity index (χ1n) is 4.95. The highest BCUT2D eigenvalue weighted by molar-refractivity contribution is 7.99. The maximum Gasteiger partial charge on any atom is 0.124 e. The topological polar surface area (TPSA) is 26.0 Å². The van der Waals surface area contributed by atoms with Crippen LogP contribution >= 0.6 is 11.8 Å². The van der Waals surface area contributed by atoms with Gasteiger partial charge >= 0.3 is 0 Å². The zero-order valence-corrected chi connectivity index (χ0v) is 9.72. The molecule has 0 fully saturated rings. The molecule has 0 heterocycles. The summed E-state index contributed by atoms with van der Waals surface area (Å²) in [6.07, 6.45) is 0. The number of halogens is 1. The van der Waals surface area contributed by atoms with Gasteiger partial charge in [-0.15, -0.1) is 0 Å². The van der Waals surface area contributed by atoms with Crippen molar-refractivity contribution >= 4 is 17.4 Å². The van der Waals surface area contributed by atoms with Crippen molar-refractivity contribution in [3.8, 4) is 0 Å². The lowest BCUT2D eigenvalue weighted by Gasteiger charge is -2.05. The lowest BCUT2D eigenvalue weighted by Crippen LogP contribution is -1.89. The summed E-state index contributed by atoms with van der Waals surface area (Å²) in [7, 11) is 0. The van der Waals surface area contributed by atoms with Crippen LogP contribution in [-0.4, -0.2) is 0 Å². The van der Waals surface area contributed by atoms with Gasteiger partial charge in [0.2, 0.25) is 0 Å². The molecule has 0 spiro atoms. The molecule has 0 aliphatic heterocycles. The highest BCUT2D eigenvalue weighted by Crippen LogP contribution is 2.32. The van der Waals surface area contributed by atoms with Crippen LogP contribution in [0.1, 0.15) is 5.56 Å². The minimum absolute atomic E-state index is 0.260. The zero-order valence-electron chi connectivity index (χ0n) is 8.91. The number of aryl methyl sites for hydroxylation is 1. The average molecular weight is 233 g/mol. The first-order valence-corrected chi connectivity index (χ1v) is 5.76. The summed E-state index contributed by atoms with van der Waals surface area (Å²) in [5.74, 6) is -0.260. The smallest absolute Gasteiger partial charge is 0.124 e. The van der Waals surface area contributed by atoms with E-state index in [0.717, 1.165) is 9.79 Å². The van der Waals surface area contributed by atoms with E-state index in [1.165, 1.54) is 29.5 Å². The highest BCUT2D eigenvalue weighted by atomic mass is 32.2. The van der Waals surface area contributed by atoms with Crippen LogP contribution in [0.3, 0.4) is 0 Å². The minimum atomic E-state index is -0.260. The molecule has 0 aliphatic rings. The molecule has 3 heteroatoms. The van der Waals surface area contributed by atoms with Crippen LogP contribution in [-0.2, 0) is 0 Å². The Hall–Kier alpha value is -1.48. The van der Waals surface area contributed by atoms with Crippen molar-refractivity contribution in [2.75, 3.05) is 5.73 Å². The Kier molecular flexibility index (Phi) is 3.15. The van der Waals surface area contributed by atoms with Gasteiger partial charge in [0.15, 0.2) is 0 Å². The summed E-state index contributed by atoms with van der Waals surface area (Å²) in [6.45, 7) is 2.03. The zero-order chi connectivity index (χ0) is 11.5. The second kappa shape index (κ2) is 4.58. The van der Waals surface area contributed by atoms with Gasteiger partial charge in [-0.25, -0.2) is 4.39 Å². The van der Waals surface area contributed by atoms with Gasteiger partial charge in [-0.2, -0.15) is 0 Å². The van der Waals surface area contributed by atoms with Crippen LogP contribution in [0.15, 0.2) is 52.3 Å². The first-order chi connectivity index (χ1) is 7.65. The Balaban J connectivity index is 2.26. The minimum Gasteiger partial charge on any atom is -0.398 e. The molecular weight excluding hydrogens is 221 g/mol. The van der Waals surface area contributed by atoms with E-state index >= 15 is 0 Å². The molecule has 2 N–H and O–H groups in total. The third kappa shape index (κ3) is 2.55. The average Bonchev–Trinajstić information content (AvgIpc) is 2.27. The summed E-state index contributed by atoms with van der Waals surface area (Å²) in [5, 5.41) is 0. The van der Waals surface area contributed by atoms with E-state index in [0.29, 0.717) is 5.69 Å². The number of hydrogen-bond acceptors (Lipinski definition) is 2. The van der Waals surface area contributed by atoms with E-state index in [9.17, 15) is 4.39 Å². The van der Waals surface area contributed by atoms with Gasteiger partial charge in [0, 0.05) is 15.5 Å². The van der Waals surface area contributed by atoms with E-state index in [-0.39, 0.29) is 5.82 Å². The SMILES string of the molecule is Cc1ccc(Sc2cc(F)ccc2N)cc1. The molecule has 0 aromatic heterocycles. The van der Waals surface area contributed by atoms with Gasteiger partial charge in [0.1, 0.15) is 5.82 Å². The fourth-order valence-corrected chi connectivity index (χ4v) is 2.21. The summed E-state index contributed by atoms with van der Waals surface area (Å²) in [5.41, 5.74) is 7.59. The normalized spacial score (nSPS) is 10.4. The van der Waals surface area contributed by atoms with Crippen molar-refractivity contribution in [1.82, 2.24) is 0 Å². The molecule has 1 nitrogen and oxygen atoms in total. The van der Waals surface area contributed by atoms with Gasteiger partial charge in [-0.05, 0) is 37.3 Å². The van der Waals surface area contributed by atoms with E-state index in [4.69, 9.17) is 5.73 Å². The van der Waals surface area contributed by atoms with Gasteiger partial charge in [-0.3, -0.25) is 0 Å². The summed E-state index contributed by atoms with van der Waals surface area (Å²) < 4.78 is 13.0. The Morgan fingerprint density at radius 3 is 2.44 bits per heavy atom. The number of rotatable bonds is 2. The Bertz CT molecular complexity index is 494. The number of hydrogen-bond donors (Lipinski definition) is 1. The molecule has 0 saturated heterocycles. The number of nitrogen functional groups attached to an aromatic ring is 1. The second-order valence-corrected chi connectivity index (χ2v) is 4.71. The molecule has 0 aliphatic carbocycles. The summed E-state index contributed by atoms with van der Waals surface area (Å²) in [4.78, 5) is 1.81. The molecular formula is C13H12FNS. The third-order valence-electron chi connectivity index (χ3n) is 2.22. The molecule has 0 bridgehead atoms. The first kappa shape index (κ1) is 11.0. The number of nitrogens with two attached hydrogens (primary N) is 1. The van der Waals surface area contributed by atoms with Crippen LogP contribution < -0.4 is 5.73 Å². The van der Waals surface area contributed by atoms with Gasteiger partial charge in [0.05, 0.1) is 0 Å². The Morgan fingerprint density at radius 2 is 1.75 bits per heavy atom. The van der Waals surface area contributed by atoms with Crippen molar-refractivity contribution in [1.29, 1.82) is 0 Å². The molecule has 2 aromatic carbocycles. The second-order valence-electron chi connectivity index (χ2n) is 3.60.